The van der Waals surface area contributed by atoms with Crippen LogP contribution >= 0.6 is 22.6 Å². The van der Waals surface area contributed by atoms with Gasteiger partial charge in [0, 0.05) is 9.61 Å². The molecule has 0 aliphatic carbocycles. The highest BCUT2D eigenvalue weighted by atomic mass is 127. The quantitative estimate of drug-likeness (QED) is 0.723. The molecule has 2 rings (SSSR count). The lowest BCUT2D eigenvalue weighted by atomic mass is 9.89. The van der Waals surface area contributed by atoms with E-state index in [1.54, 1.807) is 0 Å². The molecule has 0 amide bonds. The van der Waals surface area contributed by atoms with Crippen LogP contribution in [0.25, 0.3) is 0 Å². The molecule has 1 N–H and O–H groups in total. The smallest absolute Gasteiger partial charge is 0.0173 e. The zero-order valence-electron chi connectivity index (χ0n) is 12.1. The van der Waals surface area contributed by atoms with E-state index in [0.717, 1.165) is 13.0 Å². The summed E-state index contributed by atoms with van der Waals surface area (Å²) in [6, 6.07) is 20.1. The van der Waals surface area contributed by atoms with Crippen LogP contribution < -0.4 is 5.32 Å². The summed E-state index contributed by atoms with van der Waals surface area (Å²) in [5.74, 6) is 0.510. The first-order chi connectivity index (χ1) is 9.70. The van der Waals surface area contributed by atoms with Crippen LogP contribution in [-0.4, -0.2) is 12.6 Å². The molecule has 2 aromatic carbocycles. The highest BCUT2D eigenvalue weighted by Gasteiger charge is 2.18. The van der Waals surface area contributed by atoms with Gasteiger partial charge >= 0.3 is 0 Å². The number of benzene rings is 2. The van der Waals surface area contributed by atoms with Crippen LogP contribution in [0.1, 0.15) is 30.9 Å². The lowest BCUT2D eigenvalue weighted by Crippen LogP contribution is -2.35. The minimum atomic E-state index is 0.475. The molecule has 2 aromatic rings. The summed E-state index contributed by atoms with van der Waals surface area (Å²) in [6.07, 6.45) is 1.07. The number of hydrogen-bond donors (Lipinski definition) is 1. The van der Waals surface area contributed by atoms with E-state index in [2.05, 4.69) is 96.4 Å². The van der Waals surface area contributed by atoms with Crippen molar-refractivity contribution in [2.45, 2.75) is 32.2 Å². The summed E-state index contributed by atoms with van der Waals surface area (Å²) in [7, 11) is 0. The van der Waals surface area contributed by atoms with Crippen LogP contribution in [0, 0.1) is 3.57 Å². The summed E-state index contributed by atoms with van der Waals surface area (Å²) >= 11 is 2.35. The molecule has 0 heterocycles. The number of rotatable bonds is 6. The Morgan fingerprint density at radius 1 is 1.00 bits per heavy atom. The molecular weight excluding hydrogens is 357 g/mol. The van der Waals surface area contributed by atoms with E-state index in [0.29, 0.717) is 12.0 Å². The van der Waals surface area contributed by atoms with Crippen molar-refractivity contribution < 1.29 is 0 Å². The molecule has 0 aliphatic heterocycles. The number of halogens is 1. The van der Waals surface area contributed by atoms with Gasteiger partial charge in [-0.1, -0.05) is 56.3 Å². The molecule has 0 radical (unpaired) electrons. The van der Waals surface area contributed by atoms with Gasteiger partial charge in [-0.15, -0.1) is 0 Å². The molecule has 2 atom stereocenters. The molecule has 106 valence electrons. The highest BCUT2D eigenvalue weighted by molar-refractivity contribution is 14.1. The molecular formula is C18H22IN. The Labute approximate surface area is 135 Å². The summed E-state index contributed by atoms with van der Waals surface area (Å²) in [5, 5.41) is 3.64. The van der Waals surface area contributed by atoms with Crippen molar-refractivity contribution in [1.29, 1.82) is 0 Å². The van der Waals surface area contributed by atoms with Gasteiger partial charge in [-0.3, -0.25) is 0 Å². The van der Waals surface area contributed by atoms with Gasteiger partial charge in [0.15, 0.2) is 0 Å². The van der Waals surface area contributed by atoms with Crippen LogP contribution in [0.15, 0.2) is 54.6 Å². The first-order valence-electron chi connectivity index (χ1n) is 7.23. The van der Waals surface area contributed by atoms with E-state index >= 15 is 0 Å². The van der Waals surface area contributed by atoms with E-state index in [1.165, 1.54) is 14.7 Å². The fourth-order valence-corrected chi connectivity index (χ4v) is 2.91. The minimum Gasteiger partial charge on any atom is -0.313 e. The minimum absolute atomic E-state index is 0.475. The fourth-order valence-electron chi connectivity index (χ4n) is 2.55. The Morgan fingerprint density at radius 3 is 2.25 bits per heavy atom. The molecule has 0 spiro atoms. The second-order valence-corrected chi connectivity index (χ2v) is 6.44. The number of likely N-dealkylation sites (N-methyl/N-ethyl adjacent to an activating group) is 1. The van der Waals surface area contributed by atoms with Crippen molar-refractivity contribution >= 4 is 22.6 Å². The topological polar surface area (TPSA) is 12.0 Å². The maximum Gasteiger partial charge on any atom is 0.0173 e. The maximum absolute atomic E-state index is 3.64. The lowest BCUT2D eigenvalue weighted by Gasteiger charge is -2.25. The van der Waals surface area contributed by atoms with Crippen LogP contribution in [0.4, 0.5) is 0 Å². The van der Waals surface area contributed by atoms with E-state index in [-0.39, 0.29) is 0 Å². The predicted octanol–water partition coefficient (Wildman–Crippen LogP) is 4.62. The summed E-state index contributed by atoms with van der Waals surface area (Å²) in [5.41, 5.74) is 2.81. The third-order valence-corrected chi connectivity index (χ3v) is 4.48. The van der Waals surface area contributed by atoms with Gasteiger partial charge in [-0.05, 0) is 64.7 Å². The molecule has 20 heavy (non-hydrogen) atoms. The summed E-state index contributed by atoms with van der Waals surface area (Å²) in [4.78, 5) is 0. The van der Waals surface area contributed by atoms with Gasteiger partial charge in [0.2, 0.25) is 0 Å². The molecule has 0 bridgehead atoms. The second-order valence-electron chi connectivity index (χ2n) is 5.19. The van der Waals surface area contributed by atoms with E-state index < -0.39 is 0 Å². The van der Waals surface area contributed by atoms with Gasteiger partial charge in [0.25, 0.3) is 0 Å². The van der Waals surface area contributed by atoms with Crippen LogP contribution in [0.5, 0.6) is 0 Å². The molecule has 0 fully saturated rings. The molecule has 2 heteroatoms. The first kappa shape index (κ1) is 15.5. The second kappa shape index (κ2) is 7.79. The van der Waals surface area contributed by atoms with Crippen LogP contribution in [0.3, 0.4) is 0 Å². The van der Waals surface area contributed by atoms with Crippen molar-refractivity contribution in [3.8, 4) is 0 Å². The summed E-state index contributed by atoms with van der Waals surface area (Å²) < 4.78 is 1.29. The van der Waals surface area contributed by atoms with E-state index in [1.807, 2.05) is 0 Å². The lowest BCUT2D eigenvalue weighted by molar-refractivity contribution is 0.458. The maximum atomic E-state index is 3.64. The van der Waals surface area contributed by atoms with Gasteiger partial charge in [-0.2, -0.15) is 0 Å². The highest BCUT2D eigenvalue weighted by Crippen LogP contribution is 2.22. The van der Waals surface area contributed by atoms with Crippen molar-refractivity contribution in [3.05, 3.63) is 69.3 Å². The fraction of sp³-hybridized carbons (Fsp3) is 0.333. The van der Waals surface area contributed by atoms with Crippen molar-refractivity contribution in [2.24, 2.45) is 0 Å². The van der Waals surface area contributed by atoms with Gasteiger partial charge < -0.3 is 5.32 Å². The van der Waals surface area contributed by atoms with Gasteiger partial charge in [0.1, 0.15) is 0 Å². The predicted molar refractivity (Wildman–Crippen MR) is 95.2 cm³/mol. The molecule has 0 aromatic heterocycles. The van der Waals surface area contributed by atoms with Gasteiger partial charge in [0.05, 0.1) is 0 Å². The average molecular weight is 379 g/mol. The largest absolute Gasteiger partial charge is 0.313 e. The zero-order chi connectivity index (χ0) is 14.4. The van der Waals surface area contributed by atoms with E-state index in [9.17, 15) is 0 Å². The number of hydrogen-bond acceptors (Lipinski definition) is 1. The molecule has 0 saturated heterocycles. The van der Waals surface area contributed by atoms with Crippen LogP contribution in [-0.2, 0) is 6.42 Å². The standard InChI is InChI=1S/C18H22IN/c1-3-20-18(13-15-9-11-17(19)12-10-15)14(2)16-7-5-4-6-8-16/h4-12,14,18,20H,3,13H2,1-2H3. The Balaban J connectivity index is 2.12. The molecule has 1 nitrogen and oxygen atoms in total. The average Bonchev–Trinajstić information content (AvgIpc) is 2.49. The van der Waals surface area contributed by atoms with Crippen molar-refractivity contribution in [3.63, 3.8) is 0 Å². The van der Waals surface area contributed by atoms with E-state index in [4.69, 9.17) is 0 Å². The van der Waals surface area contributed by atoms with Crippen molar-refractivity contribution in [2.75, 3.05) is 6.54 Å². The normalized spacial score (nSPS) is 13.9. The summed E-state index contributed by atoms with van der Waals surface area (Å²) in [6.45, 7) is 5.50. The Kier molecular flexibility index (Phi) is 6.05. The first-order valence-corrected chi connectivity index (χ1v) is 8.31. The Bertz CT molecular complexity index is 507. The SMILES string of the molecule is CCNC(Cc1ccc(I)cc1)C(C)c1ccccc1. The third-order valence-electron chi connectivity index (χ3n) is 3.76. The molecule has 0 aliphatic rings. The van der Waals surface area contributed by atoms with Crippen LogP contribution in [0.2, 0.25) is 0 Å². The Morgan fingerprint density at radius 2 is 1.65 bits per heavy atom. The zero-order valence-corrected chi connectivity index (χ0v) is 14.3. The monoisotopic (exact) mass is 379 g/mol. The Hall–Kier alpha value is -0.870. The number of nitrogens with one attached hydrogen (secondary N) is 1. The van der Waals surface area contributed by atoms with Crippen molar-refractivity contribution in [1.82, 2.24) is 5.32 Å². The third kappa shape index (κ3) is 4.32. The molecule has 2 unspecified atom stereocenters. The van der Waals surface area contributed by atoms with Gasteiger partial charge in [-0.25, -0.2) is 0 Å². The molecule has 0 saturated carbocycles.